The summed E-state index contributed by atoms with van der Waals surface area (Å²) in [5.74, 6) is -2.41. The number of rotatable bonds is 5. The van der Waals surface area contributed by atoms with Crippen LogP contribution in [0.1, 0.15) is 37.4 Å². The second-order valence-electron chi connectivity index (χ2n) is 7.81. The molecule has 1 aliphatic heterocycles. The molecular weight excluding hydrogens is 375 g/mol. The molecule has 2 N–H and O–H groups in total. The minimum atomic E-state index is -1.04. The molecule has 0 radical (unpaired) electrons. The quantitative estimate of drug-likeness (QED) is 0.809. The van der Waals surface area contributed by atoms with Gasteiger partial charge in [-0.1, -0.05) is 24.3 Å². The van der Waals surface area contributed by atoms with E-state index in [9.17, 15) is 23.9 Å². The number of nitrogens with zero attached hydrogens (tertiary/aromatic N) is 1. The number of likely N-dealkylation sites (tertiary alicyclic amines) is 1. The van der Waals surface area contributed by atoms with Gasteiger partial charge < -0.3 is 15.3 Å². The number of hydrogen-bond acceptors (Lipinski definition) is 3. The first-order valence-corrected chi connectivity index (χ1v) is 9.27. The van der Waals surface area contributed by atoms with E-state index in [1.165, 1.54) is 17.0 Å². The van der Waals surface area contributed by atoms with Crippen LogP contribution in [-0.2, 0) is 19.8 Å². The molecule has 1 fully saturated rings. The summed E-state index contributed by atoms with van der Waals surface area (Å²) in [4.78, 5) is 38.0. The molecule has 29 heavy (non-hydrogen) atoms. The number of carboxylic acids is 1. The van der Waals surface area contributed by atoms with Gasteiger partial charge in [-0.3, -0.25) is 14.4 Å². The molecule has 0 aromatic heterocycles. The van der Waals surface area contributed by atoms with E-state index in [1.54, 1.807) is 57.3 Å². The minimum absolute atomic E-state index is 0.0640. The van der Waals surface area contributed by atoms with Crippen LogP contribution in [0.4, 0.5) is 10.1 Å². The fourth-order valence-electron chi connectivity index (χ4n) is 3.55. The van der Waals surface area contributed by atoms with Crippen LogP contribution < -0.4 is 5.32 Å². The number of carboxylic acid groups (broad SMARTS) is 1. The lowest BCUT2D eigenvalue weighted by atomic mass is 9.85. The molecule has 0 saturated carbocycles. The fourth-order valence-corrected chi connectivity index (χ4v) is 3.55. The number of amides is 2. The molecule has 1 aliphatic rings. The van der Waals surface area contributed by atoms with Gasteiger partial charge in [-0.05, 0) is 49.2 Å². The molecule has 2 unspecified atom stereocenters. The molecule has 2 aromatic rings. The summed E-state index contributed by atoms with van der Waals surface area (Å²) >= 11 is 0. The molecule has 6 nitrogen and oxygen atoms in total. The lowest BCUT2D eigenvalue weighted by Gasteiger charge is -2.25. The van der Waals surface area contributed by atoms with Gasteiger partial charge in [0.15, 0.2) is 0 Å². The summed E-state index contributed by atoms with van der Waals surface area (Å²) in [5, 5.41) is 12.1. The van der Waals surface area contributed by atoms with Crippen molar-refractivity contribution >= 4 is 23.5 Å². The normalized spacial score (nSPS) is 19.3. The first-order valence-electron chi connectivity index (χ1n) is 9.27. The molecule has 1 heterocycles. The van der Waals surface area contributed by atoms with Crippen molar-refractivity contribution in [3.63, 3.8) is 0 Å². The zero-order valence-electron chi connectivity index (χ0n) is 16.5. The summed E-state index contributed by atoms with van der Waals surface area (Å²) in [7, 11) is 1.63. The molecule has 0 spiro atoms. The Balaban J connectivity index is 1.79. The van der Waals surface area contributed by atoms with Crippen LogP contribution in [0.15, 0.2) is 48.5 Å². The molecule has 2 amide bonds. The van der Waals surface area contributed by atoms with Crippen molar-refractivity contribution in [1.29, 1.82) is 0 Å². The maximum Gasteiger partial charge on any atom is 0.313 e. The van der Waals surface area contributed by atoms with Crippen molar-refractivity contribution < 1.29 is 23.9 Å². The predicted molar refractivity (Wildman–Crippen MR) is 106 cm³/mol. The van der Waals surface area contributed by atoms with Crippen molar-refractivity contribution in [2.24, 2.45) is 5.92 Å². The van der Waals surface area contributed by atoms with E-state index in [1.807, 2.05) is 0 Å². The van der Waals surface area contributed by atoms with E-state index in [2.05, 4.69) is 5.32 Å². The van der Waals surface area contributed by atoms with E-state index in [-0.39, 0.29) is 24.1 Å². The molecule has 3 rings (SSSR count). The van der Waals surface area contributed by atoms with Gasteiger partial charge in [-0.15, -0.1) is 0 Å². The number of halogens is 1. The minimum Gasteiger partial charge on any atom is -0.481 e. The van der Waals surface area contributed by atoms with Crippen LogP contribution in [0.2, 0.25) is 0 Å². The van der Waals surface area contributed by atoms with Crippen molar-refractivity contribution in [3.05, 3.63) is 65.5 Å². The predicted octanol–water partition coefficient (Wildman–Crippen LogP) is 3.35. The highest BCUT2D eigenvalue weighted by Gasteiger charge is 2.42. The average Bonchev–Trinajstić information content (AvgIpc) is 2.98. The third-order valence-electron chi connectivity index (χ3n) is 5.54. The Labute approximate surface area is 168 Å². The molecule has 2 aromatic carbocycles. The van der Waals surface area contributed by atoms with E-state index < -0.39 is 23.3 Å². The lowest BCUT2D eigenvalue weighted by molar-refractivity contribution is -0.142. The maximum absolute atomic E-state index is 13.3. The molecular formula is C22H23FN2O4. The van der Waals surface area contributed by atoms with Gasteiger partial charge in [-0.2, -0.15) is 0 Å². The smallest absolute Gasteiger partial charge is 0.313 e. The van der Waals surface area contributed by atoms with Gasteiger partial charge in [0.05, 0.1) is 17.4 Å². The summed E-state index contributed by atoms with van der Waals surface area (Å²) in [6.07, 6.45) is 0.0640. The van der Waals surface area contributed by atoms with E-state index in [0.29, 0.717) is 16.8 Å². The third kappa shape index (κ3) is 3.99. The third-order valence-corrected chi connectivity index (χ3v) is 5.54. The van der Waals surface area contributed by atoms with Gasteiger partial charge in [0, 0.05) is 19.2 Å². The Morgan fingerprint density at radius 3 is 2.24 bits per heavy atom. The van der Waals surface area contributed by atoms with Crippen LogP contribution in [0.5, 0.6) is 0 Å². The SMILES string of the molecule is CN1C(=O)CC(C(=O)Nc2ccc(C(C)(C)C(=O)O)cc2)C1c1ccc(F)cc1. The summed E-state index contributed by atoms with van der Waals surface area (Å²) in [6, 6.07) is 11.9. The zero-order valence-corrected chi connectivity index (χ0v) is 16.5. The Morgan fingerprint density at radius 2 is 1.69 bits per heavy atom. The average molecular weight is 398 g/mol. The number of nitrogens with one attached hydrogen (secondary N) is 1. The number of anilines is 1. The Kier molecular flexibility index (Phi) is 5.42. The van der Waals surface area contributed by atoms with Crippen molar-refractivity contribution in [1.82, 2.24) is 4.90 Å². The molecule has 152 valence electrons. The fraction of sp³-hybridized carbons (Fsp3) is 0.318. The van der Waals surface area contributed by atoms with Crippen LogP contribution in [0.25, 0.3) is 0 Å². The number of hydrogen-bond donors (Lipinski definition) is 2. The van der Waals surface area contributed by atoms with Crippen LogP contribution in [-0.4, -0.2) is 34.8 Å². The largest absolute Gasteiger partial charge is 0.481 e. The Bertz CT molecular complexity index is 938. The van der Waals surface area contributed by atoms with E-state index >= 15 is 0 Å². The van der Waals surface area contributed by atoms with Gasteiger partial charge in [0.2, 0.25) is 11.8 Å². The molecule has 0 aliphatic carbocycles. The highest BCUT2D eigenvalue weighted by Crippen LogP contribution is 2.37. The standard InChI is InChI=1S/C22H23FN2O4/c1-22(2,21(28)29)14-6-10-16(11-7-14)24-20(27)17-12-18(26)25(3)19(17)13-4-8-15(23)9-5-13/h4-11,17,19H,12H2,1-3H3,(H,24,27)(H,28,29). The summed E-state index contributed by atoms with van der Waals surface area (Å²) in [5.41, 5.74) is 0.776. The second kappa shape index (κ2) is 7.66. The number of carbonyl (C=O) groups is 3. The van der Waals surface area contributed by atoms with E-state index in [4.69, 9.17) is 0 Å². The first-order chi connectivity index (χ1) is 13.6. The molecule has 0 bridgehead atoms. The second-order valence-corrected chi connectivity index (χ2v) is 7.81. The maximum atomic E-state index is 13.3. The highest BCUT2D eigenvalue weighted by molar-refractivity contribution is 5.98. The zero-order chi connectivity index (χ0) is 21.3. The lowest BCUT2D eigenvalue weighted by Crippen LogP contribution is -2.30. The van der Waals surface area contributed by atoms with Gasteiger partial charge in [0.25, 0.3) is 0 Å². The number of carbonyl (C=O) groups excluding carboxylic acids is 2. The van der Waals surface area contributed by atoms with Crippen molar-refractivity contribution in [2.75, 3.05) is 12.4 Å². The summed E-state index contributed by atoms with van der Waals surface area (Å²) in [6.45, 7) is 3.21. The number of benzene rings is 2. The van der Waals surface area contributed by atoms with Crippen molar-refractivity contribution in [3.8, 4) is 0 Å². The van der Waals surface area contributed by atoms with Crippen molar-refractivity contribution in [2.45, 2.75) is 31.7 Å². The molecule has 7 heteroatoms. The Hall–Kier alpha value is -3.22. The van der Waals surface area contributed by atoms with Crippen LogP contribution in [0.3, 0.4) is 0 Å². The Morgan fingerprint density at radius 1 is 1.10 bits per heavy atom. The van der Waals surface area contributed by atoms with E-state index in [0.717, 1.165) is 0 Å². The van der Waals surface area contributed by atoms with Gasteiger partial charge in [-0.25, -0.2) is 4.39 Å². The van der Waals surface area contributed by atoms with Crippen LogP contribution >= 0.6 is 0 Å². The molecule has 2 atom stereocenters. The first kappa shape index (κ1) is 20.5. The van der Waals surface area contributed by atoms with Crippen LogP contribution in [0, 0.1) is 11.7 Å². The highest BCUT2D eigenvalue weighted by atomic mass is 19.1. The topological polar surface area (TPSA) is 86.7 Å². The number of aliphatic carboxylic acids is 1. The summed E-state index contributed by atoms with van der Waals surface area (Å²) < 4.78 is 13.3. The van der Waals surface area contributed by atoms with Gasteiger partial charge >= 0.3 is 5.97 Å². The monoisotopic (exact) mass is 398 g/mol. The van der Waals surface area contributed by atoms with Gasteiger partial charge in [0.1, 0.15) is 5.82 Å². The molecule has 1 saturated heterocycles.